The van der Waals surface area contributed by atoms with Crippen LogP contribution in [0.2, 0.25) is 0 Å². The van der Waals surface area contributed by atoms with Gasteiger partial charge in [-0.2, -0.15) is 0 Å². The average molecular weight is 295 g/mol. The minimum Gasteiger partial charge on any atom is -0.317 e. The van der Waals surface area contributed by atoms with Crippen molar-refractivity contribution in [3.63, 3.8) is 0 Å². The molecule has 0 bridgehead atoms. The molecular weight excluding hydrogens is 268 g/mol. The van der Waals surface area contributed by atoms with Crippen molar-refractivity contribution >= 4 is 12.4 Å². The number of likely N-dealkylation sites (tertiary alicyclic amines) is 1. The minimum absolute atomic E-state index is 0. The smallest absolute Gasteiger partial charge is 0.00507 e. The van der Waals surface area contributed by atoms with Gasteiger partial charge >= 0.3 is 0 Å². The first kappa shape index (κ1) is 15.8. The number of nitrogens with zero attached hydrogens (tertiary/aromatic N) is 1. The molecule has 3 rings (SSSR count). The van der Waals surface area contributed by atoms with Crippen LogP contribution in [0.25, 0.3) is 0 Å². The summed E-state index contributed by atoms with van der Waals surface area (Å²) in [5.74, 6) is 1.74. The van der Waals surface area contributed by atoms with Crippen molar-refractivity contribution in [2.75, 3.05) is 32.7 Å². The Balaban J connectivity index is 0.00000147. The van der Waals surface area contributed by atoms with E-state index in [0.29, 0.717) is 0 Å². The third-order valence-electron chi connectivity index (χ3n) is 4.86. The van der Waals surface area contributed by atoms with Gasteiger partial charge in [0.1, 0.15) is 0 Å². The third kappa shape index (κ3) is 4.21. The molecule has 3 heteroatoms. The minimum atomic E-state index is 0. The van der Waals surface area contributed by atoms with Gasteiger partial charge in [-0.3, -0.25) is 0 Å². The first-order valence-electron chi connectivity index (χ1n) is 7.90. The van der Waals surface area contributed by atoms with Crippen LogP contribution >= 0.6 is 12.4 Å². The molecule has 112 valence electrons. The molecule has 2 nitrogen and oxygen atoms in total. The first-order valence-corrected chi connectivity index (χ1v) is 7.90. The second-order valence-corrected chi connectivity index (χ2v) is 6.18. The van der Waals surface area contributed by atoms with Crippen LogP contribution < -0.4 is 5.32 Å². The van der Waals surface area contributed by atoms with Crippen molar-refractivity contribution in [2.45, 2.75) is 31.6 Å². The number of hydrogen-bond acceptors (Lipinski definition) is 2. The normalized spacial score (nSPS) is 24.5. The molecule has 0 amide bonds. The van der Waals surface area contributed by atoms with Crippen molar-refractivity contribution in [1.29, 1.82) is 0 Å². The summed E-state index contributed by atoms with van der Waals surface area (Å²) in [5, 5.41) is 3.46. The first-order chi connectivity index (χ1) is 9.42. The van der Waals surface area contributed by atoms with Crippen LogP contribution in [0.3, 0.4) is 0 Å². The molecule has 2 fully saturated rings. The summed E-state index contributed by atoms with van der Waals surface area (Å²) in [6.07, 6.45) is 5.52. The summed E-state index contributed by atoms with van der Waals surface area (Å²) >= 11 is 0. The highest BCUT2D eigenvalue weighted by Gasteiger charge is 2.24. The summed E-state index contributed by atoms with van der Waals surface area (Å²) < 4.78 is 0. The van der Waals surface area contributed by atoms with Gasteiger partial charge in [-0.15, -0.1) is 12.4 Å². The Hall–Kier alpha value is -0.570. The third-order valence-corrected chi connectivity index (χ3v) is 4.86. The van der Waals surface area contributed by atoms with Crippen LogP contribution in [0.4, 0.5) is 0 Å². The van der Waals surface area contributed by atoms with Gasteiger partial charge in [-0.05, 0) is 69.3 Å². The number of halogens is 1. The van der Waals surface area contributed by atoms with E-state index in [-0.39, 0.29) is 12.4 Å². The zero-order valence-electron chi connectivity index (χ0n) is 12.3. The fourth-order valence-electron chi connectivity index (χ4n) is 3.57. The highest BCUT2D eigenvalue weighted by molar-refractivity contribution is 5.85. The van der Waals surface area contributed by atoms with E-state index in [0.717, 1.165) is 11.8 Å². The van der Waals surface area contributed by atoms with Gasteiger partial charge in [0.05, 0.1) is 0 Å². The Kier molecular flexibility index (Phi) is 6.34. The van der Waals surface area contributed by atoms with E-state index in [1.165, 1.54) is 64.0 Å². The fourth-order valence-corrected chi connectivity index (χ4v) is 3.57. The Morgan fingerprint density at radius 3 is 2.55 bits per heavy atom. The highest BCUT2D eigenvalue weighted by atomic mass is 35.5. The van der Waals surface area contributed by atoms with Crippen molar-refractivity contribution in [3.8, 4) is 0 Å². The van der Waals surface area contributed by atoms with Gasteiger partial charge in [0.15, 0.2) is 0 Å². The van der Waals surface area contributed by atoms with Gasteiger partial charge < -0.3 is 10.2 Å². The Morgan fingerprint density at radius 2 is 1.80 bits per heavy atom. The summed E-state index contributed by atoms with van der Waals surface area (Å²) in [4.78, 5) is 2.68. The topological polar surface area (TPSA) is 15.3 Å². The zero-order valence-corrected chi connectivity index (χ0v) is 13.1. The maximum atomic E-state index is 3.46. The summed E-state index contributed by atoms with van der Waals surface area (Å²) in [7, 11) is 0. The Labute approximate surface area is 129 Å². The number of piperidine rings is 1. The van der Waals surface area contributed by atoms with Gasteiger partial charge in [0, 0.05) is 6.54 Å². The molecule has 0 aromatic heterocycles. The molecule has 1 aromatic rings. The van der Waals surface area contributed by atoms with Gasteiger partial charge in [0.25, 0.3) is 0 Å². The monoisotopic (exact) mass is 294 g/mol. The van der Waals surface area contributed by atoms with Gasteiger partial charge in [-0.1, -0.05) is 30.3 Å². The van der Waals surface area contributed by atoms with E-state index >= 15 is 0 Å². The van der Waals surface area contributed by atoms with E-state index in [9.17, 15) is 0 Å². The van der Waals surface area contributed by atoms with Gasteiger partial charge in [0.2, 0.25) is 0 Å². The van der Waals surface area contributed by atoms with Crippen LogP contribution in [0.15, 0.2) is 30.3 Å². The summed E-state index contributed by atoms with van der Waals surface area (Å²) in [5.41, 5.74) is 1.53. The molecule has 1 atom stereocenters. The van der Waals surface area contributed by atoms with E-state index in [1.54, 1.807) is 0 Å². The lowest BCUT2D eigenvalue weighted by Crippen LogP contribution is -2.30. The lowest BCUT2D eigenvalue weighted by Gasteiger charge is -2.25. The molecule has 1 aromatic carbocycles. The van der Waals surface area contributed by atoms with Crippen LogP contribution in [0, 0.1) is 5.92 Å². The second kappa shape index (κ2) is 8.02. The quantitative estimate of drug-likeness (QED) is 0.917. The number of hydrogen-bond donors (Lipinski definition) is 1. The predicted molar refractivity (Wildman–Crippen MR) is 87.7 cm³/mol. The second-order valence-electron chi connectivity index (χ2n) is 6.18. The summed E-state index contributed by atoms with van der Waals surface area (Å²) in [6.45, 7) is 6.35. The van der Waals surface area contributed by atoms with E-state index in [4.69, 9.17) is 0 Å². The lowest BCUT2D eigenvalue weighted by atomic mass is 9.94. The zero-order chi connectivity index (χ0) is 12.9. The molecule has 1 unspecified atom stereocenters. The molecule has 20 heavy (non-hydrogen) atoms. The summed E-state index contributed by atoms with van der Waals surface area (Å²) in [6, 6.07) is 11.1. The number of rotatable bonds is 4. The molecule has 0 spiro atoms. The highest BCUT2D eigenvalue weighted by Crippen LogP contribution is 2.27. The van der Waals surface area contributed by atoms with Crippen molar-refractivity contribution in [2.24, 2.45) is 5.92 Å². The molecule has 1 N–H and O–H groups in total. The van der Waals surface area contributed by atoms with Crippen LogP contribution in [-0.4, -0.2) is 37.6 Å². The molecular formula is C17H27ClN2. The SMILES string of the molecule is Cl.c1ccc(C2CCN(CCC3CCNCC3)C2)cc1. The number of nitrogens with one attached hydrogen (secondary N) is 1. The van der Waals surface area contributed by atoms with Crippen LogP contribution in [-0.2, 0) is 0 Å². The average Bonchev–Trinajstić information content (AvgIpc) is 2.96. The Morgan fingerprint density at radius 1 is 1.05 bits per heavy atom. The molecule has 2 saturated heterocycles. The van der Waals surface area contributed by atoms with Crippen LogP contribution in [0.1, 0.15) is 37.2 Å². The Bertz CT molecular complexity index is 376. The predicted octanol–water partition coefficient (Wildman–Crippen LogP) is 3.29. The van der Waals surface area contributed by atoms with Crippen molar-refractivity contribution in [3.05, 3.63) is 35.9 Å². The maximum Gasteiger partial charge on any atom is 0.00507 e. The van der Waals surface area contributed by atoms with Gasteiger partial charge in [-0.25, -0.2) is 0 Å². The fraction of sp³-hybridized carbons (Fsp3) is 0.647. The van der Waals surface area contributed by atoms with E-state index < -0.39 is 0 Å². The standard InChI is InChI=1S/C17H26N2.ClH/c1-2-4-16(5-3-1)17-9-13-19(14-17)12-8-15-6-10-18-11-7-15;/h1-5,15,17-18H,6-14H2;1H. The number of benzene rings is 1. The molecule has 0 saturated carbocycles. The van der Waals surface area contributed by atoms with Crippen molar-refractivity contribution < 1.29 is 0 Å². The largest absolute Gasteiger partial charge is 0.317 e. The molecule has 2 aliphatic rings. The van der Waals surface area contributed by atoms with Crippen LogP contribution in [0.5, 0.6) is 0 Å². The molecule has 2 heterocycles. The molecule has 0 aliphatic carbocycles. The van der Waals surface area contributed by atoms with E-state index in [1.807, 2.05) is 0 Å². The molecule has 0 radical (unpaired) electrons. The van der Waals surface area contributed by atoms with E-state index in [2.05, 4.69) is 40.5 Å². The molecule has 2 aliphatic heterocycles. The van der Waals surface area contributed by atoms with Crippen molar-refractivity contribution in [1.82, 2.24) is 10.2 Å². The lowest BCUT2D eigenvalue weighted by molar-refractivity contribution is 0.270. The maximum absolute atomic E-state index is 3.46.